The zero-order chi connectivity index (χ0) is 14.5. The molecule has 4 heteroatoms. The van der Waals surface area contributed by atoms with E-state index < -0.39 is 0 Å². The molecule has 0 bridgehead atoms. The fourth-order valence-corrected chi connectivity index (χ4v) is 3.77. The Morgan fingerprint density at radius 2 is 1.67 bits per heavy atom. The molecule has 1 saturated carbocycles. The van der Waals surface area contributed by atoms with Crippen molar-refractivity contribution in [2.45, 2.75) is 44.6 Å². The van der Waals surface area contributed by atoms with E-state index in [0.29, 0.717) is 0 Å². The van der Waals surface area contributed by atoms with Crippen LogP contribution in [0.4, 0.5) is 0 Å². The number of aromatic nitrogens is 1. The molecule has 1 aromatic heterocycles. The molecule has 3 rings (SSSR count). The number of amides is 1. The monoisotopic (exact) mass is 288 g/mol. The minimum atomic E-state index is 0.164. The molecule has 2 fully saturated rings. The summed E-state index contributed by atoms with van der Waals surface area (Å²) in [5.74, 6) is 0.164. The van der Waals surface area contributed by atoms with Gasteiger partial charge in [0.25, 0.3) is 5.91 Å². The largest absolute Gasteiger partial charge is 0.330 e. The number of rotatable bonds is 2. The Labute approximate surface area is 127 Å². The Morgan fingerprint density at radius 1 is 1.05 bits per heavy atom. The topological polar surface area (TPSA) is 37.6 Å². The summed E-state index contributed by atoms with van der Waals surface area (Å²) in [5, 5.41) is 0. The van der Waals surface area contributed by atoms with Crippen LogP contribution in [0, 0.1) is 0 Å². The lowest BCUT2D eigenvalue weighted by Gasteiger charge is -2.36. The van der Waals surface area contributed by atoms with Crippen LogP contribution in [-0.2, 0) is 0 Å². The lowest BCUT2D eigenvalue weighted by molar-refractivity contribution is -0.929. The highest BCUT2D eigenvalue weighted by molar-refractivity contribution is 5.94. The van der Waals surface area contributed by atoms with E-state index in [0.717, 1.165) is 37.8 Å². The van der Waals surface area contributed by atoms with Gasteiger partial charge in [0.05, 0.1) is 32.2 Å². The number of nitrogens with zero attached hydrogens (tertiary/aromatic N) is 2. The summed E-state index contributed by atoms with van der Waals surface area (Å²) in [6.07, 6.45) is 11.8. The summed E-state index contributed by atoms with van der Waals surface area (Å²) in [4.78, 5) is 20.1. The van der Waals surface area contributed by atoms with E-state index in [1.54, 1.807) is 17.3 Å². The van der Waals surface area contributed by atoms with Gasteiger partial charge in [-0.15, -0.1) is 0 Å². The summed E-state index contributed by atoms with van der Waals surface area (Å²) in [6.45, 7) is 4.02. The molecule has 0 unspecified atom stereocenters. The van der Waals surface area contributed by atoms with E-state index in [9.17, 15) is 4.79 Å². The van der Waals surface area contributed by atoms with Gasteiger partial charge in [0, 0.05) is 18.0 Å². The van der Waals surface area contributed by atoms with Gasteiger partial charge in [0.15, 0.2) is 0 Å². The minimum absolute atomic E-state index is 0.164. The van der Waals surface area contributed by atoms with Gasteiger partial charge in [0.1, 0.15) is 0 Å². The van der Waals surface area contributed by atoms with Crippen LogP contribution < -0.4 is 4.90 Å². The van der Waals surface area contributed by atoms with Crippen LogP contribution in [0.1, 0.15) is 48.9 Å². The van der Waals surface area contributed by atoms with Crippen LogP contribution >= 0.6 is 0 Å². The van der Waals surface area contributed by atoms with Crippen molar-refractivity contribution in [1.82, 2.24) is 9.88 Å². The van der Waals surface area contributed by atoms with Crippen molar-refractivity contribution in [1.29, 1.82) is 0 Å². The maximum absolute atomic E-state index is 12.4. The Balaban J connectivity index is 1.54. The number of carbonyl (C=O) groups excluding carboxylic acids is 1. The van der Waals surface area contributed by atoms with Crippen molar-refractivity contribution in [3.8, 4) is 0 Å². The van der Waals surface area contributed by atoms with Crippen LogP contribution in [0.2, 0.25) is 0 Å². The van der Waals surface area contributed by atoms with Gasteiger partial charge in [-0.1, -0.05) is 12.8 Å². The second-order valence-corrected chi connectivity index (χ2v) is 6.37. The van der Waals surface area contributed by atoms with Crippen LogP contribution in [0.15, 0.2) is 24.5 Å². The lowest BCUT2D eigenvalue weighted by Crippen LogP contribution is -3.18. The molecule has 0 atom stereocenters. The standard InChI is InChI=1S/C17H25N3O/c21-17(15-7-9-18-10-8-15)20-13-11-19(12-14-20)16-5-3-1-2-4-6-16/h7-10,16H,1-6,11-14H2/p+1. The quantitative estimate of drug-likeness (QED) is 0.829. The number of hydrogen-bond acceptors (Lipinski definition) is 2. The molecule has 0 spiro atoms. The maximum atomic E-state index is 12.4. The average molecular weight is 288 g/mol. The Morgan fingerprint density at radius 3 is 2.29 bits per heavy atom. The van der Waals surface area contributed by atoms with Gasteiger partial charge >= 0.3 is 0 Å². The normalized spacial score (nSPS) is 22.0. The predicted molar refractivity (Wildman–Crippen MR) is 82.3 cm³/mol. The highest BCUT2D eigenvalue weighted by Crippen LogP contribution is 2.15. The predicted octanol–water partition coefficient (Wildman–Crippen LogP) is 1.15. The zero-order valence-corrected chi connectivity index (χ0v) is 12.8. The molecule has 1 amide bonds. The molecule has 0 radical (unpaired) electrons. The summed E-state index contributed by atoms with van der Waals surface area (Å²) in [6, 6.07) is 4.46. The molecule has 1 N–H and O–H groups in total. The highest BCUT2D eigenvalue weighted by Gasteiger charge is 2.29. The van der Waals surface area contributed by atoms with Gasteiger partial charge in [-0.05, 0) is 37.8 Å². The molecule has 4 nitrogen and oxygen atoms in total. The van der Waals surface area contributed by atoms with Crippen molar-refractivity contribution < 1.29 is 9.69 Å². The first kappa shape index (κ1) is 14.5. The fourth-order valence-electron chi connectivity index (χ4n) is 3.77. The first-order valence-corrected chi connectivity index (χ1v) is 8.38. The van der Waals surface area contributed by atoms with Crippen LogP contribution in [0.5, 0.6) is 0 Å². The number of hydrogen-bond donors (Lipinski definition) is 1. The molecule has 21 heavy (non-hydrogen) atoms. The first-order chi connectivity index (χ1) is 10.3. The molecule has 2 heterocycles. The molecule has 0 aromatic carbocycles. The summed E-state index contributed by atoms with van der Waals surface area (Å²) in [5.41, 5.74) is 0.767. The molecule has 1 saturated heterocycles. The summed E-state index contributed by atoms with van der Waals surface area (Å²) >= 11 is 0. The van der Waals surface area contributed by atoms with E-state index in [4.69, 9.17) is 0 Å². The van der Waals surface area contributed by atoms with Crippen molar-refractivity contribution in [2.24, 2.45) is 0 Å². The number of pyridine rings is 1. The minimum Gasteiger partial charge on any atom is -0.330 e. The van der Waals surface area contributed by atoms with E-state index in [-0.39, 0.29) is 5.91 Å². The van der Waals surface area contributed by atoms with Crippen molar-refractivity contribution >= 4 is 5.91 Å². The number of quaternary nitrogens is 1. The maximum Gasteiger partial charge on any atom is 0.254 e. The first-order valence-electron chi connectivity index (χ1n) is 8.38. The second kappa shape index (κ2) is 7.03. The van der Waals surface area contributed by atoms with Crippen molar-refractivity contribution in [2.75, 3.05) is 26.2 Å². The zero-order valence-electron chi connectivity index (χ0n) is 12.8. The fraction of sp³-hybridized carbons (Fsp3) is 0.647. The van der Waals surface area contributed by atoms with Crippen molar-refractivity contribution in [3.05, 3.63) is 30.1 Å². The van der Waals surface area contributed by atoms with Gasteiger partial charge in [-0.3, -0.25) is 9.78 Å². The third kappa shape index (κ3) is 3.62. The summed E-state index contributed by atoms with van der Waals surface area (Å²) in [7, 11) is 0. The van der Waals surface area contributed by atoms with Gasteiger partial charge in [-0.2, -0.15) is 0 Å². The van der Waals surface area contributed by atoms with E-state index in [2.05, 4.69) is 4.98 Å². The third-order valence-corrected chi connectivity index (χ3v) is 5.05. The molecule has 1 aliphatic heterocycles. The smallest absolute Gasteiger partial charge is 0.254 e. The van der Waals surface area contributed by atoms with E-state index in [1.165, 1.54) is 38.5 Å². The lowest BCUT2D eigenvalue weighted by atomic mass is 10.1. The molecule has 1 aromatic rings. The van der Waals surface area contributed by atoms with E-state index in [1.807, 2.05) is 17.0 Å². The molecular formula is C17H26N3O+. The van der Waals surface area contributed by atoms with Crippen molar-refractivity contribution in [3.63, 3.8) is 0 Å². The van der Waals surface area contributed by atoms with Crippen LogP contribution in [0.25, 0.3) is 0 Å². The summed E-state index contributed by atoms with van der Waals surface area (Å²) < 4.78 is 0. The number of nitrogens with one attached hydrogen (secondary N) is 1. The second-order valence-electron chi connectivity index (χ2n) is 6.37. The molecular weight excluding hydrogens is 262 g/mol. The van der Waals surface area contributed by atoms with Crippen LogP contribution in [0.3, 0.4) is 0 Å². The molecule has 114 valence electrons. The van der Waals surface area contributed by atoms with Gasteiger partial charge < -0.3 is 9.80 Å². The Bertz CT molecular complexity index is 446. The molecule has 1 aliphatic carbocycles. The molecule has 2 aliphatic rings. The third-order valence-electron chi connectivity index (χ3n) is 5.05. The van der Waals surface area contributed by atoms with Gasteiger partial charge in [-0.25, -0.2) is 0 Å². The van der Waals surface area contributed by atoms with Gasteiger partial charge in [0.2, 0.25) is 0 Å². The Hall–Kier alpha value is -1.42. The number of piperazine rings is 1. The SMILES string of the molecule is O=C(c1ccncc1)N1CC[NH+](C2CCCCCC2)CC1. The highest BCUT2D eigenvalue weighted by atomic mass is 16.2. The Kier molecular flexibility index (Phi) is 4.86. The number of carbonyl (C=O) groups is 1. The van der Waals surface area contributed by atoms with Crippen LogP contribution in [-0.4, -0.2) is 48.0 Å². The average Bonchev–Trinajstić information content (AvgIpc) is 2.84. The van der Waals surface area contributed by atoms with E-state index >= 15 is 0 Å².